The van der Waals surface area contributed by atoms with Gasteiger partial charge in [-0.2, -0.15) is 0 Å². The molecule has 4 aromatic carbocycles. The van der Waals surface area contributed by atoms with Crippen molar-refractivity contribution in [3.05, 3.63) is 108 Å². The van der Waals surface area contributed by atoms with Gasteiger partial charge in [-0.1, -0.05) is 6.07 Å². The molecule has 5 saturated heterocycles. The van der Waals surface area contributed by atoms with Gasteiger partial charge in [0.05, 0.1) is 7.11 Å². The lowest BCUT2D eigenvalue weighted by molar-refractivity contribution is -0.137. The van der Waals surface area contributed by atoms with Crippen molar-refractivity contribution in [2.24, 2.45) is 11.3 Å². The minimum Gasteiger partial charge on any atom is -0.494 e. The Morgan fingerprint density at radius 1 is 0.873 bits per heavy atom. The number of fused-ring (bicyclic) bond motifs is 4. The van der Waals surface area contributed by atoms with Crippen LogP contribution >= 0.6 is 0 Å². The van der Waals surface area contributed by atoms with Gasteiger partial charge in [0.25, 0.3) is 5.91 Å². The number of nitrogens with one attached hydrogen (secondary N) is 4. The van der Waals surface area contributed by atoms with Gasteiger partial charge >= 0.3 is 0 Å². The van der Waals surface area contributed by atoms with Gasteiger partial charge in [-0.3, -0.25) is 44.1 Å². The summed E-state index contributed by atoms with van der Waals surface area (Å²) in [5.41, 5.74) is 2.64. The topological polar surface area (TPSA) is 178 Å². The first-order chi connectivity index (χ1) is 34.4. The number of carbonyl (C=O) groups is 5. The molecule has 0 spiro atoms. The van der Waals surface area contributed by atoms with Crippen LogP contribution in [0.1, 0.15) is 60.9 Å². The summed E-state index contributed by atoms with van der Waals surface area (Å²) in [7, 11) is 1.54. The van der Waals surface area contributed by atoms with Gasteiger partial charge in [0.15, 0.2) is 5.82 Å². The van der Waals surface area contributed by atoms with Crippen LogP contribution in [0.5, 0.6) is 17.2 Å². The normalized spacial score (nSPS) is 21.8. The summed E-state index contributed by atoms with van der Waals surface area (Å²) in [6, 6.07) is 21.5. The molecule has 7 heterocycles. The van der Waals surface area contributed by atoms with Crippen LogP contribution in [-0.2, 0) is 25.7 Å². The Morgan fingerprint density at radius 2 is 1.58 bits per heavy atom. The van der Waals surface area contributed by atoms with Gasteiger partial charge < -0.3 is 35.2 Å². The predicted octanol–water partition coefficient (Wildman–Crippen LogP) is 6.52. The van der Waals surface area contributed by atoms with Crippen LogP contribution in [0.2, 0.25) is 0 Å². The molecule has 3 atom stereocenters. The summed E-state index contributed by atoms with van der Waals surface area (Å²) >= 11 is 0. The fourth-order valence-corrected chi connectivity index (χ4v) is 11.2. The first kappa shape index (κ1) is 46.2. The molecule has 1 aromatic heterocycles. The first-order valence-electron chi connectivity index (χ1n) is 24.5. The predicted molar refractivity (Wildman–Crippen MR) is 261 cm³/mol. The maximum absolute atomic E-state index is 16.6. The molecule has 18 heteroatoms. The van der Waals surface area contributed by atoms with Crippen molar-refractivity contribution in [3.63, 3.8) is 0 Å². The fourth-order valence-electron chi connectivity index (χ4n) is 11.2. The fraction of sp³-hybridized carbons (Fsp3) is 0.396. The molecule has 16 nitrogen and oxygen atoms in total. The Labute approximate surface area is 409 Å². The lowest BCUT2D eigenvalue weighted by Crippen LogP contribution is -2.69. The maximum Gasteiger partial charge on any atom is 0.255 e. The number of amides is 5. The smallest absolute Gasteiger partial charge is 0.255 e. The quantitative estimate of drug-likeness (QED) is 0.0661. The first-order valence-corrected chi connectivity index (χ1v) is 24.5. The lowest BCUT2D eigenvalue weighted by atomic mass is 9.84. The minimum absolute atomic E-state index is 0.172. The molecule has 12 rings (SSSR count). The average Bonchev–Trinajstić information content (AvgIpc) is 4.13. The zero-order valence-electron chi connectivity index (χ0n) is 39.3. The van der Waals surface area contributed by atoms with Crippen molar-refractivity contribution in [1.29, 1.82) is 0 Å². The van der Waals surface area contributed by atoms with Gasteiger partial charge in [-0.25, -0.2) is 8.78 Å². The van der Waals surface area contributed by atoms with E-state index in [1.165, 1.54) is 44.0 Å². The van der Waals surface area contributed by atoms with Crippen molar-refractivity contribution in [2.45, 2.75) is 69.6 Å². The Bertz CT molecular complexity index is 2920. The SMILES string of the molecule is COc1cc2c(Oc3ccc(NC(=O)C4(C(=O)Nc5ccc(F)cc5)CC4)cc3)ccnc2c(F)c1N1CCC(CN2C3CC2CN(CCNc2cccc4c2CN(C2CCC(=O)NC2=O)C4=O)C3)CC1. The third kappa shape index (κ3) is 8.98. The number of hydrogen-bond acceptors (Lipinski definition) is 12. The number of benzene rings is 4. The van der Waals surface area contributed by atoms with E-state index < -0.39 is 40.8 Å². The Hall–Kier alpha value is -7.18. The third-order valence-corrected chi connectivity index (χ3v) is 15.3. The summed E-state index contributed by atoms with van der Waals surface area (Å²) in [4.78, 5) is 77.1. The van der Waals surface area contributed by atoms with Crippen LogP contribution in [-0.4, -0.2) is 120 Å². The summed E-state index contributed by atoms with van der Waals surface area (Å²) < 4.78 is 42.1. The van der Waals surface area contributed by atoms with E-state index in [0.717, 1.165) is 56.8 Å². The number of methoxy groups -OCH3 is 1. The number of nitrogens with zero attached hydrogens (tertiary/aromatic N) is 5. The molecule has 1 aliphatic carbocycles. The second-order valence-corrected chi connectivity index (χ2v) is 19.7. The summed E-state index contributed by atoms with van der Waals surface area (Å²) in [6.07, 6.45) is 5.91. The third-order valence-electron chi connectivity index (χ3n) is 15.3. The number of piperazine rings is 1. The van der Waals surface area contributed by atoms with Crippen molar-refractivity contribution in [2.75, 3.05) is 73.8 Å². The number of piperidine rings is 3. The second-order valence-electron chi connectivity index (χ2n) is 19.7. The largest absolute Gasteiger partial charge is 0.494 e. The molecule has 6 fully saturated rings. The standard InChI is InChI=1S/C53H55F2N9O7/c1-70-44-26-39-43(71-37-11-9-34(10-12-37)59-52(69)53(18-19-53)51(68)58-33-7-5-32(54)6-8-33)15-20-57-47(39)46(55)48(44)62-22-16-31(17-23-62)27-63-35-25-36(63)29-61(28-35)24-21-56-41-4-2-3-38-40(41)30-64(50(38)67)42-13-14-45(65)60-49(42)66/h2-12,15,20,26,31,35-36,42,56H,13-14,16-19,21-25,27-30H2,1H3,(H,58,68)(H,59,69)(H,60,65,66). The Kier molecular flexibility index (Phi) is 12.3. The molecule has 3 unspecified atom stereocenters. The molecule has 5 aromatic rings. The van der Waals surface area contributed by atoms with Crippen LogP contribution in [0.25, 0.3) is 10.9 Å². The molecule has 0 radical (unpaired) electrons. The lowest BCUT2D eigenvalue weighted by Gasteiger charge is -2.57. The summed E-state index contributed by atoms with van der Waals surface area (Å²) in [5.74, 6) is -0.935. The van der Waals surface area contributed by atoms with Crippen molar-refractivity contribution in [3.8, 4) is 17.2 Å². The molecule has 1 saturated carbocycles. The highest BCUT2D eigenvalue weighted by atomic mass is 19.1. The number of carbonyl (C=O) groups excluding carboxylic acids is 5. The van der Waals surface area contributed by atoms with Gasteiger partial charge in [-0.15, -0.1) is 0 Å². The zero-order chi connectivity index (χ0) is 49.0. The molecule has 368 valence electrons. The van der Waals surface area contributed by atoms with E-state index in [-0.39, 0.29) is 23.8 Å². The molecular weight excluding hydrogens is 913 g/mol. The number of rotatable bonds is 15. The van der Waals surface area contributed by atoms with E-state index in [1.54, 1.807) is 47.4 Å². The van der Waals surface area contributed by atoms with E-state index in [0.29, 0.717) is 102 Å². The van der Waals surface area contributed by atoms with Crippen LogP contribution in [0.4, 0.5) is 31.5 Å². The number of imide groups is 1. The molecule has 5 amide bonds. The number of ether oxygens (including phenoxy) is 2. The van der Waals surface area contributed by atoms with Crippen LogP contribution in [0.15, 0.2) is 85.1 Å². The molecule has 7 aliphatic rings. The van der Waals surface area contributed by atoms with Gasteiger partial charge in [-0.05, 0) is 117 Å². The van der Waals surface area contributed by atoms with E-state index in [1.807, 2.05) is 12.1 Å². The van der Waals surface area contributed by atoms with E-state index >= 15 is 4.39 Å². The molecule has 4 N–H and O–H groups in total. The maximum atomic E-state index is 16.6. The molecule has 2 bridgehead atoms. The highest BCUT2D eigenvalue weighted by molar-refractivity contribution is 6.17. The van der Waals surface area contributed by atoms with Crippen molar-refractivity contribution in [1.82, 2.24) is 25.0 Å². The highest BCUT2D eigenvalue weighted by Crippen LogP contribution is 2.48. The number of hydrogen-bond donors (Lipinski definition) is 4. The van der Waals surface area contributed by atoms with E-state index in [9.17, 15) is 28.4 Å². The number of anilines is 4. The van der Waals surface area contributed by atoms with Crippen LogP contribution in [0, 0.1) is 23.0 Å². The van der Waals surface area contributed by atoms with Gasteiger partial charge in [0.1, 0.15) is 45.7 Å². The van der Waals surface area contributed by atoms with Crippen LogP contribution < -0.4 is 35.6 Å². The monoisotopic (exact) mass is 967 g/mol. The molecular formula is C53H55F2N9O7. The van der Waals surface area contributed by atoms with Gasteiger partial charge in [0.2, 0.25) is 23.6 Å². The summed E-state index contributed by atoms with van der Waals surface area (Å²) in [5, 5.41) is 11.9. The van der Waals surface area contributed by atoms with Crippen molar-refractivity contribution >= 4 is 63.2 Å². The summed E-state index contributed by atoms with van der Waals surface area (Å²) in [6.45, 7) is 6.32. The van der Waals surface area contributed by atoms with E-state index in [2.05, 4.69) is 41.0 Å². The van der Waals surface area contributed by atoms with E-state index in [4.69, 9.17) is 9.47 Å². The number of aromatic nitrogens is 1. The number of pyridine rings is 1. The molecule has 6 aliphatic heterocycles. The number of halogens is 2. The molecule has 71 heavy (non-hydrogen) atoms. The Balaban J connectivity index is 0.658. The zero-order valence-corrected chi connectivity index (χ0v) is 39.3. The van der Waals surface area contributed by atoms with Crippen molar-refractivity contribution < 1.29 is 42.2 Å². The highest BCUT2D eigenvalue weighted by Gasteiger charge is 2.56. The van der Waals surface area contributed by atoms with Crippen LogP contribution in [0.3, 0.4) is 0 Å². The minimum atomic E-state index is -1.21. The average molecular weight is 968 g/mol. The Morgan fingerprint density at radius 3 is 2.25 bits per heavy atom. The van der Waals surface area contributed by atoms with Gasteiger partial charge in [0, 0.05) is 111 Å². The second kappa shape index (κ2) is 18.9.